The number of allylic oxidation sites excluding steroid dienone is 1. The molecule has 1 unspecified atom stereocenters. The van der Waals surface area contributed by atoms with Crippen LogP contribution in [0.3, 0.4) is 0 Å². The summed E-state index contributed by atoms with van der Waals surface area (Å²) in [7, 11) is 0. The number of hydrogen-bond donors (Lipinski definition) is 0. The number of anilines is 1. The van der Waals surface area contributed by atoms with E-state index < -0.39 is 0 Å². The summed E-state index contributed by atoms with van der Waals surface area (Å²) in [6.45, 7) is 13.5. The van der Waals surface area contributed by atoms with Gasteiger partial charge in [-0.05, 0) is 57.0 Å². The van der Waals surface area contributed by atoms with Crippen molar-refractivity contribution in [2.24, 2.45) is 10.9 Å². The Hall–Kier alpha value is -2.81. The normalized spacial score (nSPS) is 16.8. The van der Waals surface area contributed by atoms with Crippen LogP contribution in [0.5, 0.6) is 5.19 Å². The highest BCUT2D eigenvalue weighted by atomic mass is 32.1. The van der Waals surface area contributed by atoms with E-state index in [1.807, 2.05) is 19.1 Å². The highest BCUT2D eigenvalue weighted by Gasteiger charge is 2.28. The Morgan fingerprint density at radius 2 is 2.03 bits per heavy atom. The summed E-state index contributed by atoms with van der Waals surface area (Å²) in [6.07, 6.45) is 3.79. The second-order valence-corrected chi connectivity index (χ2v) is 9.17. The van der Waals surface area contributed by atoms with E-state index in [0.29, 0.717) is 17.1 Å². The minimum atomic E-state index is 0.0719. The molecule has 0 saturated carbocycles. The van der Waals surface area contributed by atoms with Crippen molar-refractivity contribution in [1.29, 1.82) is 0 Å². The number of piperidine rings is 1. The molecule has 4 heterocycles. The lowest BCUT2D eigenvalue weighted by Gasteiger charge is -2.33. The zero-order chi connectivity index (χ0) is 22.0. The smallest absolute Gasteiger partial charge is 0.324 e. The van der Waals surface area contributed by atoms with Gasteiger partial charge in [-0.3, -0.25) is 4.99 Å². The summed E-state index contributed by atoms with van der Waals surface area (Å²) in [5, 5.41) is 4.74. The quantitative estimate of drug-likeness (QED) is 0.481. The zero-order valence-electron chi connectivity index (χ0n) is 18.4. The Kier molecular flexibility index (Phi) is 6.31. The van der Waals surface area contributed by atoms with E-state index in [1.54, 1.807) is 6.20 Å². The highest BCUT2D eigenvalue weighted by Crippen LogP contribution is 2.32. The van der Waals surface area contributed by atoms with Crippen LogP contribution in [0.4, 0.5) is 6.01 Å². The second-order valence-electron chi connectivity index (χ2n) is 8.23. The van der Waals surface area contributed by atoms with E-state index in [9.17, 15) is 0 Å². The van der Waals surface area contributed by atoms with Crippen molar-refractivity contribution < 1.29 is 9.26 Å². The Morgan fingerprint density at radius 3 is 2.71 bits per heavy atom. The number of aliphatic imine (C=N–C) groups is 1. The predicted octanol–water partition coefficient (Wildman–Crippen LogP) is 4.94. The largest absolute Gasteiger partial charge is 0.467 e. The third kappa shape index (κ3) is 4.76. The molecule has 0 spiro atoms. The van der Waals surface area contributed by atoms with Crippen LogP contribution in [0.25, 0.3) is 15.9 Å². The van der Waals surface area contributed by atoms with Crippen molar-refractivity contribution in [3.63, 3.8) is 0 Å². The van der Waals surface area contributed by atoms with Crippen molar-refractivity contribution in [2.75, 3.05) is 18.0 Å². The lowest BCUT2D eigenvalue weighted by molar-refractivity contribution is 0.131. The number of aromatic nitrogens is 4. The Morgan fingerprint density at radius 1 is 1.26 bits per heavy atom. The maximum Gasteiger partial charge on any atom is 0.324 e. The minimum absolute atomic E-state index is 0.0719. The summed E-state index contributed by atoms with van der Waals surface area (Å²) >= 11 is 1.48. The van der Waals surface area contributed by atoms with Crippen LogP contribution in [0, 0.1) is 5.92 Å². The van der Waals surface area contributed by atoms with Gasteiger partial charge in [-0.25, -0.2) is 9.97 Å². The first-order valence-electron chi connectivity index (χ1n) is 10.6. The van der Waals surface area contributed by atoms with Crippen molar-refractivity contribution >= 4 is 40.0 Å². The molecule has 3 aromatic rings. The minimum Gasteiger partial charge on any atom is -0.467 e. The van der Waals surface area contributed by atoms with Crippen molar-refractivity contribution in [3.8, 4) is 5.19 Å². The van der Waals surface area contributed by atoms with Gasteiger partial charge in [-0.2, -0.15) is 4.98 Å². The Bertz CT molecular complexity index is 1080. The fraction of sp³-hybridized carbons (Fsp3) is 0.500. The van der Waals surface area contributed by atoms with E-state index >= 15 is 0 Å². The SMILES string of the molecule is C=N/C=C(\C)c1ccc2nc(OC(C)C3CCN(c4nc(C(C)C)no4)CC3)sc2n1. The molecule has 31 heavy (non-hydrogen) atoms. The lowest BCUT2D eigenvalue weighted by Crippen LogP contribution is -2.38. The molecule has 0 bridgehead atoms. The number of rotatable bonds is 7. The van der Waals surface area contributed by atoms with Gasteiger partial charge in [0.05, 0.1) is 5.69 Å². The molecule has 9 heteroatoms. The molecular weight excluding hydrogens is 412 g/mol. The van der Waals surface area contributed by atoms with Crippen LogP contribution in [0.2, 0.25) is 0 Å². The summed E-state index contributed by atoms with van der Waals surface area (Å²) in [5.41, 5.74) is 2.69. The third-order valence-electron chi connectivity index (χ3n) is 5.63. The fourth-order valence-corrected chi connectivity index (χ4v) is 4.55. The summed E-state index contributed by atoms with van der Waals surface area (Å²) in [4.78, 5) is 20.7. The van der Waals surface area contributed by atoms with Crippen molar-refractivity contribution in [3.05, 3.63) is 29.9 Å². The van der Waals surface area contributed by atoms with E-state index in [4.69, 9.17) is 9.26 Å². The third-order valence-corrected chi connectivity index (χ3v) is 6.49. The fourth-order valence-electron chi connectivity index (χ4n) is 3.68. The second kappa shape index (κ2) is 9.13. The number of thiazole rings is 1. The first kappa shape index (κ1) is 21.4. The molecule has 3 aromatic heterocycles. The van der Waals surface area contributed by atoms with Gasteiger partial charge in [0.2, 0.25) is 0 Å². The average Bonchev–Trinajstić information content (AvgIpc) is 3.40. The number of fused-ring (bicyclic) bond motifs is 1. The predicted molar refractivity (Wildman–Crippen MR) is 124 cm³/mol. The van der Waals surface area contributed by atoms with Gasteiger partial charge < -0.3 is 14.2 Å². The van der Waals surface area contributed by atoms with Gasteiger partial charge in [-0.15, -0.1) is 0 Å². The van der Waals surface area contributed by atoms with Crippen molar-refractivity contribution in [1.82, 2.24) is 20.1 Å². The van der Waals surface area contributed by atoms with Crippen LogP contribution in [0.15, 0.2) is 27.8 Å². The summed E-state index contributed by atoms with van der Waals surface area (Å²) in [5.74, 6) is 1.47. The van der Waals surface area contributed by atoms with E-state index in [1.165, 1.54) is 11.3 Å². The zero-order valence-corrected chi connectivity index (χ0v) is 19.2. The van der Waals surface area contributed by atoms with Gasteiger partial charge in [0, 0.05) is 25.2 Å². The van der Waals surface area contributed by atoms with Crippen LogP contribution in [0.1, 0.15) is 58.0 Å². The molecule has 1 aliphatic heterocycles. The molecule has 1 aliphatic rings. The van der Waals surface area contributed by atoms with Crippen LogP contribution < -0.4 is 9.64 Å². The van der Waals surface area contributed by atoms with E-state index in [-0.39, 0.29) is 12.0 Å². The lowest BCUT2D eigenvalue weighted by atomic mass is 9.92. The maximum atomic E-state index is 6.22. The Labute approximate surface area is 186 Å². The molecule has 0 radical (unpaired) electrons. The maximum absolute atomic E-state index is 6.22. The summed E-state index contributed by atoms with van der Waals surface area (Å²) < 4.78 is 11.7. The number of nitrogens with zero attached hydrogens (tertiary/aromatic N) is 6. The molecule has 0 aromatic carbocycles. The number of ether oxygens (including phenoxy) is 1. The van der Waals surface area contributed by atoms with Gasteiger partial charge in [-0.1, -0.05) is 30.3 Å². The standard InChI is InChI=1S/C22H28N6O2S/c1-13(2)19-26-21(30-27-19)28-10-8-16(9-11-28)15(4)29-22-25-18-7-6-17(14(3)12-23-5)24-20(18)31-22/h6-7,12-13,15-16H,5,8-11H2,1-4H3/b14-12+. The van der Waals surface area contributed by atoms with Crippen LogP contribution >= 0.6 is 11.3 Å². The van der Waals surface area contributed by atoms with E-state index in [2.05, 4.69) is 57.5 Å². The first-order chi connectivity index (χ1) is 14.9. The first-order valence-corrected chi connectivity index (χ1v) is 11.4. The molecule has 0 amide bonds. The monoisotopic (exact) mass is 440 g/mol. The molecule has 0 aliphatic carbocycles. The molecule has 1 atom stereocenters. The van der Waals surface area contributed by atoms with Gasteiger partial charge in [0.1, 0.15) is 16.5 Å². The molecule has 4 rings (SSSR count). The van der Waals surface area contributed by atoms with Gasteiger partial charge in [0.25, 0.3) is 5.19 Å². The van der Waals surface area contributed by atoms with Crippen molar-refractivity contribution in [2.45, 2.75) is 52.6 Å². The topological polar surface area (TPSA) is 89.5 Å². The average molecular weight is 441 g/mol. The number of hydrogen-bond acceptors (Lipinski definition) is 9. The van der Waals surface area contributed by atoms with Gasteiger partial charge in [0.15, 0.2) is 5.82 Å². The van der Waals surface area contributed by atoms with Crippen LogP contribution in [-0.4, -0.2) is 46.0 Å². The molecule has 164 valence electrons. The van der Waals surface area contributed by atoms with E-state index in [0.717, 1.165) is 53.4 Å². The molecule has 1 saturated heterocycles. The molecule has 8 nitrogen and oxygen atoms in total. The van der Waals surface area contributed by atoms with Gasteiger partial charge >= 0.3 is 6.01 Å². The van der Waals surface area contributed by atoms with Crippen LogP contribution in [-0.2, 0) is 0 Å². The molecular formula is C22H28N6O2S. The Balaban J connectivity index is 1.37. The highest BCUT2D eigenvalue weighted by molar-refractivity contribution is 7.19. The molecule has 1 fully saturated rings. The summed E-state index contributed by atoms with van der Waals surface area (Å²) in [6, 6.07) is 4.55. The number of pyridine rings is 1. The molecule has 0 N–H and O–H groups in total.